The monoisotopic (exact) mass is 452 g/mol. The molecule has 0 aliphatic heterocycles. The van der Waals surface area contributed by atoms with Crippen LogP contribution in [0.1, 0.15) is 30.9 Å². The number of carbonyl (C=O) groups is 1. The van der Waals surface area contributed by atoms with Gasteiger partial charge in [0.25, 0.3) is 11.5 Å². The molecule has 166 valence electrons. The number of halogens is 1. The van der Waals surface area contributed by atoms with Crippen LogP contribution in [-0.2, 0) is 17.9 Å². The summed E-state index contributed by atoms with van der Waals surface area (Å²) in [5.74, 6) is -0.474. The number of benzene rings is 2. The number of nitrogen functional groups attached to an aromatic ring is 1. The highest BCUT2D eigenvalue weighted by Crippen LogP contribution is 2.21. The maximum atomic E-state index is 13.2. The van der Waals surface area contributed by atoms with E-state index < -0.39 is 17.2 Å². The van der Waals surface area contributed by atoms with Crippen molar-refractivity contribution in [2.24, 2.45) is 0 Å². The molecule has 2 aromatic carbocycles. The van der Waals surface area contributed by atoms with E-state index >= 15 is 0 Å². The van der Waals surface area contributed by atoms with E-state index in [9.17, 15) is 14.4 Å². The summed E-state index contributed by atoms with van der Waals surface area (Å²) in [6.07, 6.45) is 4.55. The Morgan fingerprint density at radius 3 is 2.47 bits per heavy atom. The lowest BCUT2D eigenvalue weighted by molar-refractivity contribution is -0.114. The predicted molar refractivity (Wildman–Crippen MR) is 129 cm³/mol. The van der Waals surface area contributed by atoms with Crippen LogP contribution in [-0.4, -0.2) is 15.5 Å². The van der Waals surface area contributed by atoms with E-state index in [2.05, 4.69) is 4.98 Å². The molecular formula is C24H25ClN4O3. The predicted octanol–water partition coefficient (Wildman–Crippen LogP) is 3.82. The quantitative estimate of drug-likeness (QED) is 0.507. The first-order valence-corrected chi connectivity index (χ1v) is 10.7. The third kappa shape index (κ3) is 5.56. The Bertz CT molecular complexity index is 1210. The minimum Gasteiger partial charge on any atom is -0.383 e. The summed E-state index contributed by atoms with van der Waals surface area (Å²) in [6, 6.07) is 16.2. The van der Waals surface area contributed by atoms with Gasteiger partial charge in [0, 0.05) is 17.6 Å². The van der Waals surface area contributed by atoms with Gasteiger partial charge in [0.1, 0.15) is 5.82 Å². The summed E-state index contributed by atoms with van der Waals surface area (Å²) in [5.41, 5.74) is 6.50. The summed E-state index contributed by atoms with van der Waals surface area (Å²) >= 11 is 5.91. The third-order valence-electron chi connectivity index (χ3n) is 4.96. The van der Waals surface area contributed by atoms with Gasteiger partial charge in [-0.25, -0.2) is 4.79 Å². The molecule has 0 atom stereocenters. The molecule has 0 aliphatic rings. The van der Waals surface area contributed by atoms with Crippen molar-refractivity contribution in [1.82, 2.24) is 9.55 Å². The van der Waals surface area contributed by atoms with Crippen LogP contribution >= 0.6 is 11.6 Å². The van der Waals surface area contributed by atoms with Crippen LogP contribution in [0.25, 0.3) is 6.08 Å². The summed E-state index contributed by atoms with van der Waals surface area (Å²) < 4.78 is 1.30. The molecule has 3 rings (SSSR count). The minimum atomic E-state index is -0.704. The molecule has 0 radical (unpaired) electrons. The van der Waals surface area contributed by atoms with Crippen LogP contribution in [0.4, 0.5) is 11.5 Å². The number of rotatable bonds is 8. The number of amides is 1. The van der Waals surface area contributed by atoms with E-state index in [4.69, 9.17) is 17.3 Å². The van der Waals surface area contributed by atoms with E-state index in [0.29, 0.717) is 18.0 Å². The van der Waals surface area contributed by atoms with E-state index in [0.717, 1.165) is 17.5 Å². The molecule has 8 heteroatoms. The second kappa shape index (κ2) is 10.6. The number of anilines is 2. The van der Waals surface area contributed by atoms with Gasteiger partial charge in [0.05, 0.1) is 6.54 Å². The van der Waals surface area contributed by atoms with Crippen LogP contribution in [0.3, 0.4) is 0 Å². The Hall–Kier alpha value is -3.58. The van der Waals surface area contributed by atoms with Crippen molar-refractivity contribution in [2.45, 2.75) is 32.9 Å². The fraction of sp³-hybridized carbons (Fsp3) is 0.208. The van der Waals surface area contributed by atoms with Gasteiger partial charge in [0.2, 0.25) is 0 Å². The zero-order valence-corrected chi connectivity index (χ0v) is 18.5. The Labute approximate surface area is 190 Å². The molecule has 1 aromatic heterocycles. The van der Waals surface area contributed by atoms with Gasteiger partial charge < -0.3 is 5.73 Å². The average Bonchev–Trinajstić information content (AvgIpc) is 2.78. The number of hydrogen-bond donors (Lipinski definition) is 2. The normalized spacial score (nSPS) is 11.1. The van der Waals surface area contributed by atoms with Crippen LogP contribution in [0.2, 0.25) is 5.02 Å². The number of nitrogens with two attached hydrogens (primary N) is 1. The van der Waals surface area contributed by atoms with Crippen LogP contribution in [0, 0.1) is 0 Å². The van der Waals surface area contributed by atoms with Crippen molar-refractivity contribution < 1.29 is 4.79 Å². The molecule has 1 heterocycles. The number of unbranched alkanes of at least 4 members (excludes halogenated alkanes) is 1. The Morgan fingerprint density at radius 2 is 1.81 bits per heavy atom. The van der Waals surface area contributed by atoms with Gasteiger partial charge in [-0.2, -0.15) is 0 Å². The average molecular weight is 453 g/mol. The first-order valence-electron chi connectivity index (χ1n) is 10.3. The van der Waals surface area contributed by atoms with Crippen LogP contribution in [0.15, 0.2) is 70.3 Å². The zero-order valence-electron chi connectivity index (χ0n) is 17.8. The van der Waals surface area contributed by atoms with E-state index in [1.165, 1.54) is 15.5 Å². The van der Waals surface area contributed by atoms with E-state index in [1.54, 1.807) is 30.3 Å². The smallest absolute Gasteiger partial charge is 0.330 e. The highest BCUT2D eigenvalue weighted by atomic mass is 35.5. The second-order valence-electron chi connectivity index (χ2n) is 7.29. The number of carbonyl (C=O) groups excluding carboxylic acids is 1. The number of nitrogens with zero attached hydrogens (tertiary/aromatic N) is 2. The SMILES string of the molecule is CCCCn1c(N)c(N(Cc2ccccc2)C(=O)/C=C/c2ccc(Cl)cc2)c(=O)[nH]c1=O. The van der Waals surface area contributed by atoms with Gasteiger partial charge in [-0.1, -0.05) is 67.4 Å². The Morgan fingerprint density at radius 1 is 1.12 bits per heavy atom. The molecule has 7 nitrogen and oxygen atoms in total. The maximum absolute atomic E-state index is 13.2. The summed E-state index contributed by atoms with van der Waals surface area (Å²) in [7, 11) is 0. The molecule has 0 saturated carbocycles. The van der Waals surface area contributed by atoms with Crippen molar-refractivity contribution >= 4 is 35.1 Å². The van der Waals surface area contributed by atoms with Crippen molar-refractivity contribution in [3.63, 3.8) is 0 Å². The zero-order chi connectivity index (χ0) is 23.1. The molecule has 32 heavy (non-hydrogen) atoms. The summed E-state index contributed by atoms with van der Waals surface area (Å²) in [4.78, 5) is 41.9. The molecule has 0 aliphatic carbocycles. The number of H-pyrrole nitrogens is 1. The summed E-state index contributed by atoms with van der Waals surface area (Å²) in [5, 5.41) is 0.591. The molecule has 0 unspecified atom stereocenters. The molecule has 0 spiro atoms. The van der Waals surface area contributed by atoms with Crippen LogP contribution < -0.4 is 21.9 Å². The number of nitrogens with one attached hydrogen (secondary N) is 1. The van der Waals surface area contributed by atoms with Crippen molar-refractivity contribution in [2.75, 3.05) is 10.6 Å². The third-order valence-corrected chi connectivity index (χ3v) is 5.21. The van der Waals surface area contributed by atoms with Gasteiger partial charge in [0.15, 0.2) is 5.69 Å². The van der Waals surface area contributed by atoms with Gasteiger partial charge >= 0.3 is 5.69 Å². The van der Waals surface area contributed by atoms with Crippen molar-refractivity contribution in [1.29, 1.82) is 0 Å². The highest BCUT2D eigenvalue weighted by molar-refractivity contribution is 6.30. The van der Waals surface area contributed by atoms with Crippen molar-refractivity contribution in [3.05, 3.63) is 97.7 Å². The number of aromatic amines is 1. The van der Waals surface area contributed by atoms with Crippen molar-refractivity contribution in [3.8, 4) is 0 Å². The molecule has 3 aromatic rings. The van der Waals surface area contributed by atoms with E-state index in [-0.39, 0.29) is 18.1 Å². The Balaban J connectivity index is 2.05. The lowest BCUT2D eigenvalue weighted by Crippen LogP contribution is -2.40. The van der Waals surface area contributed by atoms with Gasteiger partial charge in [-0.05, 0) is 35.8 Å². The lowest BCUT2D eigenvalue weighted by Gasteiger charge is -2.23. The fourth-order valence-corrected chi connectivity index (χ4v) is 3.37. The highest BCUT2D eigenvalue weighted by Gasteiger charge is 2.23. The van der Waals surface area contributed by atoms with Gasteiger partial charge in [-0.3, -0.25) is 24.0 Å². The first kappa shape index (κ1) is 23.1. The summed E-state index contributed by atoms with van der Waals surface area (Å²) in [6.45, 7) is 2.45. The largest absolute Gasteiger partial charge is 0.383 e. The number of hydrogen-bond acceptors (Lipinski definition) is 4. The minimum absolute atomic E-state index is 0.0311. The lowest BCUT2D eigenvalue weighted by atomic mass is 10.2. The van der Waals surface area contributed by atoms with Gasteiger partial charge in [-0.15, -0.1) is 0 Å². The Kier molecular flexibility index (Phi) is 7.68. The molecular weight excluding hydrogens is 428 g/mol. The maximum Gasteiger partial charge on any atom is 0.330 e. The van der Waals surface area contributed by atoms with Crippen LogP contribution in [0.5, 0.6) is 0 Å². The molecule has 1 amide bonds. The topological polar surface area (TPSA) is 101 Å². The number of aromatic nitrogens is 2. The molecule has 0 saturated heterocycles. The molecule has 0 fully saturated rings. The molecule has 3 N–H and O–H groups in total. The second-order valence-corrected chi connectivity index (χ2v) is 7.73. The fourth-order valence-electron chi connectivity index (χ4n) is 3.24. The molecule has 0 bridgehead atoms. The van der Waals surface area contributed by atoms with E-state index in [1.807, 2.05) is 37.3 Å². The first-order chi connectivity index (χ1) is 15.4. The standard InChI is InChI=1S/C24H25ClN4O3/c1-2-3-15-28-22(26)21(23(31)27-24(28)32)29(16-18-7-5-4-6-8-18)20(30)14-11-17-9-12-19(25)13-10-17/h4-14H,2-3,15-16,26H2,1H3,(H,27,31,32)/b14-11+.